The predicted octanol–water partition coefficient (Wildman–Crippen LogP) is 3.74. The standard InChI is InChI=1S/C21H24FN5O/c1-4-14-9-17(26-25-14)20(28)24-18-10-21(2,3)11-19-16(18)12-23-27(19)15-7-5-13(22)6-8-15/h5-9,12,18H,4,10-11H2,1-3H3,(H,24,28)(H,25,26). The molecule has 0 fully saturated rings. The lowest BCUT2D eigenvalue weighted by Gasteiger charge is -2.35. The second-order valence-corrected chi connectivity index (χ2v) is 8.14. The Morgan fingerprint density at radius 1 is 1.36 bits per heavy atom. The monoisotopic (exact) mass is 381 g/mol. The van der Waals surface area contributed by atoms with Crippen LogP contribution in [0.2, 0.25) is 0 Å². The summed E-state index contributed by atoms with van der Waals surface area (Å²) in [5.41, 5.74) is 4.17. The maximum atomic E-state index is 13.3. The summed E-state index contributed by atoms with van der Waals surface area (Å²) in [5.74, 6) is -0.472. The summed E-state index contributed by atoms with van der Waals surface area (Å²) in [6.07, 6.45) is 4.24. The normalized spacial score (nSPS) is 17.9. The highest BCUT2D eigenvalue weighted by atomic mass is 19.1. The molecule has 7 heteroatoms. The van der Waals surface area contributed by atoms with Crippen molar-refractivity contribution in [1.82, 2.24) is 25.3 Å². The molecule has 3 aromatic rings. The lowest BCUT2D eigenvalue weighted by Crippen LogP contribution is -2.37. The highest BCUT2D eigenvalue weighted by molar-refractivity contribution is 5.92. The zero-order valence-corrected chi connectivity index (χ0v) is 16.3. The number of amides is 1. The summed E-state index contributed by atoms with van der Waals surface area (Å²) in [4.78, 5) is 12.7. The zero-order valence-electron chi connectivity index (χ0n) is 16.3. The average molecular weight is 381 g/mol. The van der Waals surface area contributed by atoms with Gasteiger partial charge >= 0.3 is 0 Å². The van der Waals surface area contributed by atoms with E-state index in [0.717, 1.165) is 41.9 Å². The van der Waals surface area contributed by atoms with Gasteiger partial charge in [-0.2, -0.15) is 10.2 Å². The number of aromatic amines is 1. The maximum Gasteiger partial charge on any atom is 0.272 e. The Bertz CT molecular complexity index is 1000. The average Bonchev–Trinajstić information content (AvgIpc) is 3.28. The van der Waals surface area contributed by atoms with Crippen LogP contribution < -0.4 is 5.32 Å². The van der Waals surface area contributed by atoms with Gasteiger partial charge in [-0.15, -0.1) is 0 Å². The molecule has 0 saturated heterocycles. The predicted molar refractivity (Wildman–Crippen MR) is 104 cm³/mol. The van der Waals surface area contributed by atoms with Crippen molar-refractivity contribution in [1.29, 1.82) is 0 Å². The highest BCUT2D eigenvalue weighted by Gasteiger charge is 2.36. The number of hydrogen-bond acceptors (Lipinski definition) is 3. The third-order valence-electron chi connectivity index (χ3n) is 5.30. The molecule has 28 heavy (non-hydrogen) atoms. The molecule has 0 saturated carbocycles. The van der Waals surface area contributed by atoms with E-state index in [-0.39, 0.29) is 23.2 Å². The molecule has 4 rings (SSSR count). The van der Waals surface area contributed by atoms with E-state index in [1.807, 2.05) is 11.6 Å². The second-order valence-electron chi connectivity index (χ2n) is 8.14. The fourth-order valence-corrected chi connectivity index (χ4v) is 3.87. The Hall–Kier alpha value is -2.96. The molecular formula is C21H24FN5O. The number of H-pyrrole nitrogens is 1. The molecule has 1 aliphatic carbocycles. The number of nitrogens with zero attached hydrogens (tertiary/aromatic N) is 3. The number of aryl methyl sites for hydroxylation is 1. The molecule has 0 bridgehead atoms. The van der Waals surface area contributed by atoms with Gasteiger partial charge in [0.15, 0.2) is 0 Å². The van der Waals surface area contributed by atoms with Crippen molar-refractivity contribution in [2.24, 2.45) is 5.41 Å². The molecule has 0 aliphatic heterocycles. The largest absolute Gasteiger partial charge is 0.344 e. The van der Waals surface area contributed by atoms with Crippen molar-refractivity contribution in [2.45, 2.75) is 46.1 Å². The summed E-state index contributed by atoms with van der Waals surface area (Å²) < 4.78 is 15.1. The first-order valence-corrected chi connectivity index (χ1v) is 9.54. The molecule has 1 aromatic carbocycles. The van der Waals surface area contributed by atoms with Crippen molar-refractivity contribution in [3.05, 3.63) is 65.0 Å². The van der Waals surface area contributed by atoms with E-state index in [0.29, 0.717) is 5.69 Å². The summed E-state index contributed by atoms with van der Waals surface area (Å²) >= 11 is 0. The van der Waals surface area contributed by atoms with Gasteiger partial charge in [0.25, 0.3) is 5.91 Å². The first-order valence-electron chi connectivity index (χ1n) is 9.54. The maximum absolute atomic E-state index is 13.3. The molecule has 0 radical (unpaired) electrons. The van der Waals surface area contributed by atoms with Crippen molar-refractivity contribution >= 4 is 5.91 Å². The van der Waals surface area contributed by atoms with Crippen LogP contribution in [0.3, 0.4) is 0 Å². The Kier molecular flexibility index (Phi) is 4.53. The van der Waals surface area contributed by atoms with Gasteiger partial charge in [-0.3, -0.25) is 9.89 Å². The van der Waals surface area contributed by atoms with Crippen LogP contribution in [0.15, 0.2) is 36.5 Å². The number of benzene rings is 1. The molecule has 0 spiro atoms. The molecule has 2 heterocycles. The van der Waals surface area contributed by atoms with Gasteiger partial charge in [-0.1, -0.05) is 20.8 Å². The molecule has 1 amide bonds. The third kappa shape index (κ3) is 3.44. The molecule has 1 atom stereocenters. The van der Waals surface area contributed by atoms with E-state index < -0.39 is 0 Å². The summed E-state index contributed by atoms with van der Waals surface area (Å²) in [6, 6.07) is 7.93. The van der Waals surface area contributed by atoms with E-state index in [1.165, 1.54) is 12.1 Å². The Morgan fingerprint density at radius 2 is 2.11 bits per heavy atom. The fourth-order valence-electron chi connectivity index (χ4n) is 3.87. The minimum Gasteiger partial charge on any atom is -0.344 e. The van der Waals surface area contributed by atoms with Crippen LogP contribution in [-0.4, -0.2) is 25.9 Å². The minimum atomic E-state index is -0.277. The molecule has 2 aromatic heterocycles. The molecule has 1 unspecified atom stereocenters. The second kappa shape index (κ2) is 6.89. The van der Waals surface area contributed by atoms with Crippen LogP contribution in [-0.2, 0) is 12.8 Å². The number of halogens is 1. The first-order chi connectivity index (χ1) is 13.4. The number of nitrogens with one attached hydrogen (secondary N) is 2. The Morgan fingerprint density at radius 3 is 2.79 bits per heavy atom. The smallest absolute Gasteiger partial charge is 0.272 e. The summed E-state index contributed by atoms with van der Waals surface area (Å²) in [6.45, 7) is 6.37. The number of hydrogen-bond donors (Lipinski definition) is 2. The van der Waals surface area contributed by atoms with E-state index in [1.54, 1.807) is 24.4 Å². The van der Waals surface area contributed by atoms with Gasteiger partial charge in [0.1, 0.15) is 11.5 Å². The van der Waals surface area contributed by atoms with Crippen molar-refractivity contribution in [3.8, 4) is 5.69 Å². The number of aromatic nitrogens is 4. The lowest BCUT2D eigenvalue weighted by atomic mass is 9.74. The molecule has 6 nitrogen and oxygen atoms in total. The molecule has 2 N–H and O–H groups in total. The van der Waals surface area contributed by atoms with Gasteiger partial charge in [0.05, 0.1) is 23.6 Å². The van der Waals surface area contributed by atoms with Crippen LogP contribution in [0.25, 0.3) is 5.69 Å². The van der Waals surface area contributed by atoms with E-state index in [4.69, 9.17) is 0 Å². The molecule has 146 valence electrons. The SMILES string of the molecule is CCc1cc(C(=O)NC2CC(C)(C)Cc3c2cnn3-c2ccc(F)cc2)n[nH]1. The quantitative estimate of drug-likeness (QED) is 0.723. The highest BCUT2D eigenvalue weighted by Crippen LogP contribution is 2.41. The molecular weight excluding hydrogens is 357 g/mol. The number of rotatable bonds is 4. The van der Waals surface area contributed by atoms with E-state index >= 15 is 0 Å². The lowest BCUT2D eigenvalue weighted by molar-refractivity contribution is 0.0914. The number of carbonyl (C=O) groups is 1. The third-order valence-corrected chi connectivity index (χ3v) is 5.30. The number of fused-ring (bicyclic) bond motifs is 1. The van der Waals surface area contributed by atoms with E-state index in [2.05, 4.69) is 34.5 Å². The van der Waals surface area contributed by atoms with Gasteiger partial charge in [0, 0.05) is 11.3 Å². The van der Waals surface area contributed by atoms with Crippen molar-refractivity contribution < 1.29 is 9.18 Å². The Balaban J connectivity index is 1.65. The topological polar surface area (TPSA) is 75.6 Å². The van der Waals surface area contributed by atoms with Crippen LogP contribution in [0.5, 0.6) is 0 Å². The van der Waals surface area contributed by atoms with Crippen molar-refractivity contribution in [3.63, 3.8) is 0 Å². The van der Waals surface area contributed by atoms with Crippen molar-refractivity contribution in [2.75, 3.05) is 0 Å². The van der Waals surface area contributed by atoms with E-state index in [9.17, 15) is 9.18 Å². The summed E-state index contributed by atoms with van der Waals surface area (Å²) in [7, 11) is 0. The summed E-state index contributed by atoms with van der Waals surface area (Å²) in [5, 5.41) is 14.6. The molecule has 1 aliphatic rings. The number of carbonyl (C=O) groups excluding carboxylic acids is 1. The fraction of sp³-hybridized carbons (Fsp3) is 0.381. The van der Waals surface area contributed by atoms with Crippen LogP contribution in [0, 0.1) is 11.2 Å². The van der Waals surface area contributed by atoms with Crippen LogP contribution >= 0.6 is 0 Å². The van der Waals surface area contributed by atoms with Gasteiger partial charge in [-0.25, -0.2) is 9.07 Å². The van der Waals surface area contributed by atoms with Crippen LogP contribution in [0.4, 0.5) is 4.39 Å². The van der Waals surface area contributed by atoms with Gasteiger partial charge in [0.2, 0.25) is 0 Å². The zero-order chi connectivity index (χ0) is 19.9. The van der Waals surface area contributed by atoms with Crippen LogP contribution in [0.1, 0.15) is 60.7 Å². The Labute approximate surface area is 163 Å². The van der Waals surface area contributed by atoms with Gasteiger partial charge < -0.3 is 5.32 Å². The van der Waals surface area contributed by atoms with Gasteiger partial charge in [-0.05, 0) is 55.0 Å². The minimum absolute atomic E-state index is 0.0110. The first kappa shape index (κ1) is 18.4.